The zero-order valence-electron chi connectivity index (χ0n) is 16.2. The maximum absolute atomic E-state index is 12.3. The highest BCUT2D eigenvalue weighted by Crippen LogP contribution is 2.07. The van der Waals surface area contributed by atoms with Gasteiger partial charge in [-0.2, -0.15) is 0 Å². The third-order valence-electron chi connectivity index (χ3n) is 3.88. The van der Waals surface area contributed by atoms with Gasteiger partial charge in [-0.25, -0.2) is 9.78 Å². The number of fused-ring (bicyclic) bond motifs is 1. The van der Waals surface area contributed by atoms with Crippen LogP contribution in [0.3, 0.4) is 0 Å². The summed E-state index contributed by atoms with van der Waals surface area (Å²) in [6.07, 6.45) is 1.96. The number of amides is 1. The first-order chi connectivity index (χ1) is 12.5. The second kappa shape index (κ2) is 7.77. The largest absolute Gasteiger partial charge is 0.456 e. The molecule has 2 aromatic heterocycles. The molecule has 2 heterocycles. The van der Waals surface area contributed by atoms with Crippen LogP contribution in [0.5, 0.6) is 0 Å². The van der Waals surface area contributed by atoms with Gasteiger partial charge < -0.3 is 14.6 Å². The van der Waals surface area contributed by atoms with E-state index in [1.54, 1.807) is 11.6 Å². The lowest BCUT2D eigenvalue weighted by Crippen LogP contribution is -2.42. The molecule has 0 bridgehead atoms. The van der Waals surface area contributed by atoms with E-state index < -0.39 is 22.8 Å². The number of carbonyl (C=O) groups is 2. The second-order valence-corrected chi connectivity index (χ2v) is 7.38. The van der Waals surface area contributed by atoms with Gasteiger partial charge in [0.25, 0.3) is 11.5 Å². The highest BCUT2D eigenvalue weighted by molar-refractivity contribution is 5.81. The van der Waals surface area contributed by atoms with Crippen molar-refractivity contribution in [2.45, 2.75) is 45.7 Å². The van der Waals surface area contributed by atoms with E-state index in [0.29, 0.717) is 24.1 Å². The van der Waals surface area contributed by atoms with Gasteiger partial charge in [0.05, 0.1) is 6.33 Å². The molecule has 10 heteroatoms. The second-order valence-electron chi connectivity index (χ2n) is 7.38. The maximum Gasteiger partial charge on any atom is 0.332 e. The summed E-state index contributed by atoms with van der Waals surface area (Å²) >= 11 is 0. The van der Waals surface area contributed by atoms with Gasteiger partial charge in [-0.05, 0) is 27.2 Å². The van der Waals surface area contributed by atoms with Crippen molar-refractivity contribution < 1.29 is 14.3 Å². The Morgan fingerprint density at radius 2 is 1.85 bits per heavy atom. The number of nitrogens with zero attached hydrogens (tertiary/aromatic N) is 4. The Morgan fingerprint density at radius 1 is 1.19 bits per heavy atom. The van der Waals surface area contributed by atoms with Crippen molar-refractivity contribution >= 4 is 23.0 Å². The average molecular weight is 379 g/mol. The minimum absolute atomic E-state index is 0.0918. The topological polar surface area (TPSA) is 117 Å². The number of hydrogen-bond donors (Lipinski definition) is 1. The molecule has 0 fully saturated rings. The molecular formula is C17H25N5O5. The Hall–Kier alpha value is -2.91. The predicted octanol–water partition coefficient (Wildman–Crippen LogP) is -0.328. The van der Waals surface area contributed by atoms with Crippen molar-refractivity contribution in [2.75, 3.05) is 6.61 Å². The van der Waals surface area contributed by atoms with Crippen LogP contribution < -0.4 is 16.6 Å². The Labute approximate surface area is 155 Å². The third-order valence-corrected chi connectivity index (χ3v) is 3.88. The van der Waals surface area contributed by atoms with Crippen molar-refractivity contribution in [3.63, 3.8) is 0 Å². The highest BCUT2D eigenvalue weighted by atomic mass is 16.5. The Morgan fingerprint density at radius 3 is 2.48 bits per heavy atom. The van der Waals surface area contributed by atoms with Gasteiger partial charge in [0.15, 0.2) is 17.8 Å². The van der Waals surface area contributed by atoms with E-state index in [0.717, 1.165) is 4.57 Å². The number of ether oxygens (including phenoxy) is 1. The first kappa shape index (κ1) is 20.4. The van der Waals surface area contributed by atoms with Crippen LogP contribution in [0, 0.1) is 0 Å². The van der Waals surface area contributed by atoms with E-state index in [9.17, 15) is 19.2 Å². The Balaban J connectivity index is 1.95. The maximum atomic E-state index is 12.3. The zero-order chi connectivity index (χ0) is 20.4. The molecule has 0 radical (unpaired) electrons. The van der Waals surface area contributed by atoms with Crippen LogP contribution in [0.2, 0.25) is 0 Å². The molecule has 2 rings (SSSR count). The quantitative estimate of drug-likeness (QED) is 0.687. The molecule has 0 unspecified atom stereocenters. The minimum atomic E-state index is -0.496. The van der Waals surface area contributed by atoms with Crippen molar-refractivity contribution in [1.82, 2.24) is 24.0 Å². The van der Waals surface area contributed by atoms with Gasteiger partial charge >= 0.3 is 11.7 Å². The normalized spacial score (nSPS) is 11.6. The van der Waals surface area contributed by atoms with Gasteiger partial charge in [0, 0.05) is 32.6 Å². The van der Waals surface area contributed by atoms with Gasteiger partial charge in [-0.1, -0.05) is 0 Å². The lowest BCUT2D eigenvalue weighted by molar-refractivity contribution is -0.149. The lowest BCUT2D eigenvalue weighted by Gasteiger charge is -2.20. The van der Waals surface area contributed by atoms with Crippen LogP contribution in [0.25, 0.3) is 11.2 Å². The number of esters is 1. The van der Waals surface area contributed by atoms with E-state index in [1.165, 1.54) is 17.9 Å². The summed E-state index contributed by atoms with van der Waals surface area (Å²) in [4.78, 5) is 51.8. The molecule has 0 atom stereocenters. The first-order valence-corrected chi connectivity index (χ1v) is 8.59. The minimum Gasteiger partial charge on any atom is -0.456 e. The fraction of sp³-hybridized carbons (Fsp3) is 0.588. The number of hydrogen-bond acceptors (Lipinski definition) is 6. The van der Waals surface area contributed by atoms with Crippen LogP contribution in [0.1, 0.15) is 33.6 Å². The van der Waals surface area contributed by atoms with Crippen LogP contribution in [-0.2, 0) is 35.0 Å². The van der Waals surface area contributed by atoms with Crippen molar-refractivity contribution in [1.29, 1.82) is 0 Å². The summed E-state index contributed by atoms with van der Waals surface area (Å²) < 4.78 is 8.87. The number of carbonyl (C=O) groups excluding carboxylic acids is 2. The van der Waals surface area contributed by atoms with E-state index in [2.05, 4.69) is 10.3 Å². The lowest BCUT2D eigenvalue weighted by atomic mass is 10.1. The summed E-state index contributed by atoms with van der Waals surface area (Å²) in [6, 6.07) is 0. The molecule has 27 heavy (non-hydrogen) atoms. The highest BCUT2D eigenvalue weighted by Gasteiger charge is 2.16. The molecule has 0 aromatic carbocycles. The SMILES string of the molecule is Cn1c(=O)c2c(ncn2CCCC(=O)OCC(=O)NC(C)(C)C)n(C)c1=O. The van der Waals surface area contributed by atoms with Crippen LogP contribution in [0.15, 0.2) is 15.9 Å². The number of imidazole rings is 1. The molecule has 148 valence electrons. The van der Waals surface area contributed by atoms with Gasteiger partial charge in [0.1, 0.15) is 0 Å². The van der Waals surface area contributed by atoms with Gasteiger partial charge in [0.2, 0.25) is 0 Å². The third kappa shape index (κ3) is 4.83. The molecule has 0 aliphatic carbocycles. The van der Waals surface area contributed by atoms with E-state index in [-0.39, 0.29) is 18.9 Å². The van der Waals surface area contributed by atoms with Crippen LogP contribution in [-0.4, -0.2) is 42.7 Å². The van der Waals surface area contributed by atoms with E-state index in [4.69, 9.17) is 4.74 Å². The predicted molar refractivity (Wildman–Crippen MR) is 98.3 cm³/mol. The molecule has 0 saturated heterocycles. The molecule has 2 aromatic rings. The van der Waals surface area contributed by atoms with E-state index >= 15 is 0 Å². The Bertz CT molecular complexity index is 976. The number of aryl methyl sites for hydroxylation is 2. The summed E-state index contributed by atoms with van der Waals surface area (Å²) in [5.41, 5.74) is -0.679. The van der Waals surface area contributed by atoms with Crippen LogP contribution in [0.4, 0.5) is 0 Å². The summed E-state index contributed by atoms with van der Waals surface area (Å²) in [6.45, 7) is 5.53. The van der Waals surface area contributed by atoms with Crippen molar-refractivity contribution in [3.05, 3.63) is 27.2 Å². The molecule has 0 spiro atoms. The van der Waals surface area contributed by atoms with Gasteiger partial charge in [-0.3, -0.25) is 23.5 Å². The van der Waals surface area contributed by atoms with Crippen molar-refractivity contribution in [3.8, 4) is 0 Å². The summed E-state index contributed by atoms with van der Waals surface area (Å²) in [5, 5.41) is 2.70. The smallest absolute Gasteiger partial charge is 0.332 e. The standard InChI is InChI=1S/C17H25N5O5/c1-17(2,3)19-11(23)9-27-12(24)7-6-8-22-10-18-14-13(22)15(25)21(5)16(26)20(14)4/h10H,6-9H2,1-5H3,(H,19,23). The first-order valence-electron chi connectivity index (χ1n) is 8.59. The molecule has 0 saturated carbocycles. The number of nitrogens with one attached hydrogen (secondary N) is 1. The number of aromatic nitrogens is 4. The molecule has 1 amide bonds. The van der Waals surface area contributed by atoms with Gasteiger partial charge in [-0.15, -0.1) is 0 Å². The fourth-order valence-corrected chi connectivity index (χ4v) is 2.63. The molecule has 1 N–H and O–H groups in total. The molecule has 0 aliphatic rings. The monoisotopic (exact) mass is 379 g/mol. The summed E-state index contributed by atoms with van der Waals surface area (Å²) in [5.74, 6) is -0.857. The molecule has 0 aliphatic heterocycles. The van der Waals surface area contributed by atoms with E-state index in [1.807, 2.05) is 20.8 Å². The zero-order valence-corrected chi connectivity index (χ0v) is 16.2. The average Bonchev–Trinajstić information content (AvgIpc) is 2.99. The molecular weight excluding hydrogens is 354 g/mol. The number of rotatable bonds is 6. The summed E-state index contributed by atoms with van der Waals surface area (Å²) in [7, 11) is 2.95. The Kier molecular flexibility index (Phi) is 5.87. The fourth-order valence-electron chi connectivity index (χ4n) is 2.63. The molecule has 10 nitrogen and oxygen atoms in total. The van der Waals surface area contributed by atoms with Crippen LogP contribution >= 0.6 is 0 Å². The van der Waals surface area contributed by atoms with Crippen molar-refractivity contribution in [2.24, 2.45) is 14.1 Å².